The van der Waals surface area contributed by atoms with Gasteiger partial charge in [-0.25, -0.2) is 0 Å². The molecule has 9 heteroatoms. The maximum Gasteiger partial charge on any atom is 0.253 e. The molecule has 3 heterocycles. The summed E-state index contributed by atoms with van der Waals surface area (Å²) in [5.41, 5.74) is -0.731. The van der Waals surface area contributed by atoms with Crippen LogP contribution in [-0.2, 0) is 25.7 Å². The Hall–Kier alpha value is -3.46. The van der Waals surface area contributed by atoms with E-state index in [9.17, 15) is 19.5 Å². The molecule has 8 nitrogen and oxygen atoms in total. The van der Waals surface area contributed by atoms with Crippen LogP contribution in [0.3, 0.4) is 0 Å². The number of aliphatic hydroxyl groups excluding tert-OH is 1. The largest absolute Gasteiger partial charge is 0.394 e. The van der Waals surface area contributed by atoms with Crippen LogP contribution < -0.4 is 4.90 Å². The summed E-state index contributed by atoms with van der Waals surface area (Å²) in [7, 11) is 0. The van der Waals surface area contributed by atoms with Crippen LogP contribution in [0, 0.1) is 11.8 Å². The summed E-state index contributed by atoms with van der Waals surface area (Å²) >= 11 is 6.53. The van der Waals surface area contributed by atoms with E-state index in [0.29, 0.717) is 36.6 Å². The van der Waals surface area contributed by atoms with Gasteiger partial charge in [-0.05, 0) is 44.4 Å². The van der Waals surface area contributed by atoms with Gasteiger partial charge in [0.1, 0.15) is 11.6 Å². The number of hydrogen-bond donors (Lipinski definition) is 1. The van der Waals surface area contributed by atoms with Crippen molar-refractivity contribution in [2.75, 3.05) is 24.6 Å². The number of rotatable bonds is 11. The molecular weight excluding hydrogens is 554 g/mol. The molecule has 1 spiro atoms. The summed E-state index contributed by atoms with van der Waals surface area (Å²) in [5.74, 6) is -2.63. The van der Waals surface area contributed by atoms with E-state index in [1.54, 1.807) is 48.2 Å². The van der Waals surface area contributed by atoms with Crippen LogP contribution in [0.5, 0.6) is 0 Å². The van der Waals surface area contributed by atoms with Crippen molar-refractivity contribution in [3.05, 3.63) is 90.5 Å². The Kier molecular flexibility index (Phi) is 8.34. The quantitative estimate of drug-likeness (QED) is 0.395. The Bertz CT molecular complexity index is 1380. The van der Waals surface area contributed by atoms with Crippen molar-refractivity contribution in [1.29, 1.82) is 0 Å². The van der Waals surface area contributed by atoms with Gasteiger partial charge in [-0.2, -0.15) is 0 Å². The number of carbonyl (C=O) groups excluding carboxylic acids is 3. The van der Waals surface area contributed by atoms with Crippen LogP contribution in [0.25, 0.3) is 0 Å². The second-order valence-electron chi connectivity index (χ2n) is 11.7. The predicted octanol–water partition coefficient (Wildman–Crippen LogP) is 4.22. The van der Waals surface area contributed by atoms with E-state index < -0.39 is 35.1 Å². The summed E-state index contributed by atoms with van der Waals surface area (Å²) in [6, 6.07) is 14.9. The highest BCUT2D eigenvalue weighted by Crippen LogP contribution is 2.64. The fourth-order valence-corrected chi connectivity index (χ4v) is 7.46. The van der Waals surface area contributed by atoms with Crippen LogP contribution >= 0.6 is 11.6 Å². The van der Waals surface area contributed by atoms with Crippen molar-refractivity contribution in [1.82, 2.24) is 9.80 Å². The van der Waals surface area contributed by atoms with E-state index in [4.69, 9.17) is 16.3 Å². The number of ether oxygens (including phenoxy) is 1. The molecule has 2 bridgehead atoms. The molecule has 0 saturated carbocycles. The van der Waals surface area contributed by atoms with Gasteiger partial charge in [0.05, 0.1) is 40.8 Å². The summed E-state index contributed by atoms with van der Waals surface area (Å²) in [5, 5.41) is 10.6. The number of anilines is 1. The molecule has 0 radical (unpaired) electrons. The van der Waals surface area contributed by atoms with Crippen molar-refractivity contribution in [2.24, 2.45) is 11.8 Å². The van der Waals surface area contributed by atoms with Gasteiger partial charge < -0.3 is 24.5 Å². The Morgan fingerprint density at radius 3 is 2.40 bits per heavy atom. The zero-order chi connectivity index (χ0) is 30.2. The van der Waals surface area contributed by atoms with E-state index in [1.165, 1.54) is 9.80 Å². The molecule has 5 rings (SSSR count). The molecule has 2 aromatic carbocycles. The van der Waals surface area contributed by atoms with Gasteiger partial charge in [0, 0.05) is 19.6 Å². The lowest BCUT2D eigenvalue weighted by atomic mass is 9.66. The highest BCUT2D eigenvalue weighted by Gasteiger charge is 2.78. The number of halogens is 1. The third-order valence-electron chi connectivity index (χ3n) is 9.05. The van der Waals surface area contributed by atoms with Gasteiger partial charge in [0.2, 0.25) is 11.8 Å². The first-order valence-corrected chi connectivity index (χ1v) is 14.7. The minimum Gasteiger partial charge on any atom is -0.394 e. The predicted molar refractivity (Wildman–Crippen MR) is 162 cm³/mol. The number of likely N-dealkylation sites (tertiary alicyclic amines) is 1. The molecule has 0 aromatic heterocycles. The number of nitrogens with zero attached hydrogens (tertiary/aromatic N) is 3. The number of benzene rings is 2. The van der Waals surface area contributed by atoms with Crippen LogP contribution in [0.1, 0.15) is 32.3 Å². The third kappa shape index (κ3) is 4.75. The molecule has 3 aliphatic rings. The fraction of sp³-hybridized carbons (Fsp3) is 0.424. The van der Waals surface area contributed by atoms with Gasteiger partial charge in [0.25, 0.3) is 5.91 Å². The van der Waals surface area contributed by atoms with E-state index in [0.717, 1.165) is 5.56 Å². The summed E-state index contributed by atoms with van der Waals surface area (Å²) in [6.45, 7) is 11.7. The lowest BCUT2D eigenvalue weighted by Gasteiger charge is -2.38. The van der Waals surface area contributed by atoms with Crippen molar-refractivity contribution in [3.8, 4) is 0 Å². The van der Waals surface area contributed by atoms with E-state index in [2.05, 4.69) is 13.2 Å². The Balaban J connectivity index is 1.58. The minimum absolute atomic E-state index is 0.152. The number of hydrogen-bond acceptors (Lipinski definition) is 5. The van der Waals surface area contributed by atoms with Gasteiger partial charge >= 0.3 is 0 Å². The molecule has 3 saturated heterocycles. The van der Waals surface area contributed by atoms with Crippen molar-refractivity contribution in [3.63, 3.8) is 0 Å². The summed E-state index contributed by atoms with van der Waals surface area (Å²) < 4.78 is 6.78. The summed E-state index contributed by atoms with van der Waals surface area (Å²) in [4.78, 5) is 48.0. The molecule has 2 unspecified atom stereocenters. The van der Waals surface area contributed by atoms with E-state index in [1.807, 2.05) is 37.3 Å². The van der Waals surface area contributed by atoms with Gasteiger partial charge in [-0.15, -0.1) is 13.2 Å². The minimum atomic E-state index is -1.24. The number of fused-ring (bicyclic) bond motifs is 1. The van der Waals surface area contributed by atoms with Crippen molar-refractivity contribution < 1.29 is 24.2 Å². The molecule has 222 valence electrons. The average molecular weight is 592 g/mol. The van der Waals surface area contributed by atoms with Gasteiger partial charge in [-0.3, -0.25) is 14.4 Å². The first-order valence-electron chi connectivity index (χ1n) is 14.4. The SMILES string of the molecule is C=CCN(Cc1ccccc1)C(=O)[C@@H]1[C@H]2C(=O)N([C@H](C)CO)C(C(=O)N(CC=C)c3ccccc3Cl)C23CC[C@@]1(C)O3. The van der Waals surface area contributed by atoms with Gasteiger partial charge in [0.15, 0.2) is 0 Å². The zero-order valence-electron chi connectivity index (χ0n) is 24.1. The summed E-state index contributed by atoms with van der Waals surface area (Å²) in [6.07, 6.45) is 4.22. The van der Waals surface area contributed by atoms with Crippen molar-refractivity contribution >= 4 is 35.0 Å². The Morgan fingerprint density at radius 2 is 1.76 bits per heavy atom. The topological polar surface area (TPSA) is 90.4 Å². The molecule has 6 atom stereocenters. The molecular formula is C33H38ClN3O5. The molecule has 3 fully saturated rings. The highest BCUT2D eigenvalue weighted by molar-refractivity contribution is 6.34. The molecule has 3 amide bonds. The second kappa shape index (κ2) is 11.7. The average Bonchev–Trinajstić information content (AvgIpc) is 3.56. The van der Waals surface area contributed by atoms with E-state index in [-0.39, 0.29) is 30.9 Å². The first-order chi connectivity index (χ1) is 20.1. The lowest BCUT2D eigenvalue weighted by molar-refractivity contribution is -0.152. The Morgan fingerprint density at radius 1 is 1.10 bits per heavy atom. The zero-order valence-corrected chi connectivity index (χ0v) is 24.9. The molecule has 0 aliphatic carbocycles. The van der Waals surface area contributed by atoms with Crippen molar-refractivity contribution in [2.45, 2.75) is 56.5 Å². The third-order valence-corrected chi connectivity index (χ3v) is 9.37. The molecule has 2 aromatic rings. The smallest absolute Gasteiger partial charge is 0.253 e. The van der Waals surface area contributed by atoms with E-state index >= 15 is 0 Å². The Labute approximate surface area is 252 Å². The number of carbonyl (C=O) groups is 3. The van der Waals surface area contributed by atoms with Gasteiger partial charge in [-0.1, -0.05) is 66.2 Å². The maximum absolute atomic E-state index is 14.6. The van der Waals surface area contributed by atoms with Crippen LogP contribution in [0.4, 0.5) is 5.69 Å². The standard InChI is InChI=1S/C33H38ClN3O5/c1-5-18-35(20-23-12-8-7-9-13-23)29(39)26-27-30(40)37(22(3)21-38)28(33(27)17-16-32(26,4)42-33)31(41)36(19-6-2)25-15-11-10-14-24(25)34/h5-15,22,26-28,38H,1-2,16-21H2,3-4H3/t22-,26+,27+,28?,32-,33?/m1/s1. The molecule has 1 N–H and O–H groups in total. The lowest BCUT2D eigenvalue weighted by Crippen LogP contribution is -2.58. The molecule has 3 aliphatic heterocycles. The number of amides is 3. The monoisotopic (exact) mass is 591 g/mol. The first kappa shape index (κ1) is 30.0. The molecule has 42 heavy (non-hydrogen) atoms. The van der Waals surface area contributed by atoms with Crippen LogP contribution in [0.2, 0.25) is 5.02 Å². The number of para-hydroxylation sites is 1. The number of aliphatic hydroxyl groups is 1. The fourth-order valence-electron chi connectivity index (χ4n) is 7.22. The second-order valence-corrected chi connectivity index (χ2v) is 12.1. The maximum atomic E-state index is 14.6. The highest BCUT2D eigenvalue weighted by atomic mass is 35.5. The van der Waals surface area contributed by atoms with Crippen LogP contribution in [-0.4, -0.2) is 75.6 Å². The normalized spacial score (nSPS) is 28.3. The van der Waals surface area contributed by atoms with Crippen LogP contribution in [0.15, 0.2) is 79.9 Å².